The van der Waals surface area contributed by atoms with Crippen LogP contribution in [-0.2, 0) is 0 Å². The van der Waals surface area contributed by atoms with Gasteiger partial charge in [0.15, 0.2) is 0 Å². The number of hydrogen-bond donors (Lipinski definition) is 0. The number of likely N-dealkylation sites (N-methyl/N-ethyl adjacent to an activating group) is 2. The second kappa shape index (κ2) is 4.61. The van der Waals surface area contributed by atoms with Gasteiger partial charge in [-0.1, -0.05) is 0 Å². The third-order valence-electron chi connectivity index (χ3n) is 3.92. The highest BCUT2D eigenvalue weighted by atomic mass is 19.1. The maximum absolute atomic E-state index is 13.1. The maximum atomic E-state index is 13.1. The van der Waals surface area contributed by atoms with Gasteiger partial charge >= 0.3 is 0 Å². The molecule has 0 amide bonds. The number of hydrogen-bond acceptors (Lipinski definition) is 3. The Bertz CT molecular complexity index is 388. The Balaban J connectivity index is 2.08. The van der Waals surface area contributed by atoms with Gasteiger partial charge in [0.05, 0.1) is 0 Å². The monoisotopic (exact) mass is 237 g/mol. The molecule has 2 rings (SSSR count). The average Bonchev–Trinajstić information content (AvgIpc) is 2.22. The summed E-state index contributed by atoms with van der Waals surface area (Å²) >= 11 is 0. The molecule has 0 aliphatic heterocycles. The van der Waals surface area contributed by atoms with Crippen molar-refractivity contribution in [3.63, 3.8) is 0 Å². The minimum absolute atomic E-state index is 0.258. The molecule has 0 radical (unpaired) electrons. The molecular weight excluding hydrogens is 217 g/mol. The Kier molecular flexibility index (Phi) is 3.33. The van der Waals surface area contributed by atoms with Gasteiger partial charge in [0.25, 0.3) is 0 Å². The van der Waals surface area contributed by atoms with Crippen LogP contribution in [0.15, 0.2) is 18.3 Å². The molecule has 94 valence electrons. The van der Waals surface area contributed by atoms with Gasteiger partial charge in [-0.2, -0.15) is 4.39 Å². The number of pyridine rings is 1. The van der Waals surface area contributed by atoms with Crippen molar-refractivity contribution in [3.8, 4) is 0 Å². The van der Waals surface area contributed by atoms with Crippen LogP contribution in [0.4, 0.5) is 10.1 Å². The second-order valence-corrected chi connectivity index (χ2v) is 5.17. The lowest BCUT2D eigenvalue weighted by Gasteiger charge is -2.49. The summed E-state index contributed by atoms with van der Waals surface area (Å²) in [5.41, 5.74) is 1.15. The summed E-state index contributed by atoms with van der Waals surface area (Å²) in [5, 5.41) is 0. The molecule has 4 heteroatoms. The molecule has 0 aromatic carbocycles. The van der Waals surface area contributed by atoms with Crippen LogP contribution in [0.1, 0.15) is 19.3 Å². The van der Waals surface area contributed by atoms with Crippen molar-refractivity contribution in [1.29, 1.82) is 0 Å². The zero-order valence-corrected chi connectivity index (χ0v) is 10.8. The minimum Gasteiger partial charge on any atom is -0.373 e. The molecule has 0 spiro atoms. The molecule has 1 aromatic rings. The van der Waals surface area contributed by atoms with Crippen molar-refractivity contribution < 1.29 is 4.39 Å². The van der Waals surface area contributed by atoms with E-state index in [1.807, 2.05) is 13.1 Å². The normalized spacial score (nSPS) is 17.9. The third-order valence-corrected chi connectivity index (χ3v) is 3.92. The highest BCUT2D eigenvalue weighted by Crippen LogP contribution is 2.37. The van der Waals surface area contributed by atoms with Crippen LogP contribution in [0.5, 0.6) is 0 Å². The maximum Gasteiger partial charge on any atom is 0.214 e. The SMILES string of the molecule is CN(CC1(N(C)C)CCC1)c1ccnc(F)c1. The summed E-state index contributed by atoms with van der Waals surface area (Å²) in [6.07, 6.45) is 5.25. The Labute approximate surface area is 102 Å². The summed E-state index contributed by atoms with van der Waals surface area (Å²) < 4.78 is 13.1. The predicted octanol–water partition coefficient (Wildman–Crippen LogP) is 2.14. The van der Waals surface area contributed by atoms with Crippen LogP contribution < -0.4 is 4.90 Å². The van der Waals surface area contributed by atoms with Gasteiger partial charge in [0.2, 0.25) is 5.95 Å². The average molecular weight is 237 g/mol. The van der Waals surface area contributed by atoms with Gasteiger partial charge in [-0.25, -0.2) is 4.98 Å². The first kappa shape index (κ1) is 12.3. The Morgan fingerprint density at radius 1 is 1.35 bits per heavy atom. The molecule has 0 saturated heterocycles. The smallest absolute Gasteiger partial charge is 0.214 e. The van der Waals surface area contributed by atoms with E-state index < -0.39 is 5.95 Å². The second-order valence-electron chi connectivity index (χ2n) is 5.17. The molecule has 3 nitrogen and oxygen atoms in total. The van der Waals surface area contributed by atoms with E-state index in [0.717, 1.165) is 12.2 Å². The van der Waals surface area contributed by atoms with Crippen LogP contribution in [0.25, 0.3) is 0 Å². The van der Waals surface area contributed by atoms with Crippen LogP contribution >= 0.6 is 0 Å². The van der Waals surface area contributed by atoms with Crippen molar-refractivity contribution in [2.75, 3.05) is 32.6 Å². The van der Waals surface area contributed by atoms with E-state index in [1.54, 1.807) is 0 Å². The Morgan fingerprint density at radius 3 is 2.53 bits per heavy atom. The first-order chi connectivity index (χ1) is 8.03. The van der Waals surface area contributed by atoms with Gasteiger partial charge in [-0.3, -0.25) is 0 Å². The van der Waals surface area contributed by atoms with Gasteiger partial charge in [0, 0.05) is 37.1 Å². The lowest BCUT2D eigenvalue weighted by molar-refractivity contribution is 0.0683. The van der Waals surface area contributed by atoms with Gasteiger partial charge < -0.3 is 9.80 Å². The Morgan fingerprint density at radius 2 is 2.06 bits per heavy atom. The van der Waals surface area contributed by atoms with Crippen molar-refractivity contribution in [2.24, 2.45) is 0 Å². The van der Waals surface area contributed by atoms with E-state index in [-0.39, 0.29) is 5.54 Å². The largest absolute Gasteiger partial charge is 0.373 e. The summed E-state index contributed by atoms with van der Waals surface area (Å²) in [5.74, 6) is -0.415. The lowest BCUT2D eigenvalue weighted by atomic mass is 9.75. The van der Waals surface area contributed by atoms with Crippen molar-refractivity contribution in [2.45, 2.75) is 24.8 Å². The molecule has 1 saturated carbocycles. The van der Waals surface area contributed by atoms with Crippen LogP contribution in [0.3, 0.4) is 0 Å². The number of aromatic nitrogens is 1. The molecule has 0 N–H and O–H groups in total. The van der Waals surface area contributed by atoms with Gasteiger partial charge in [0.1, 0.15) is 0 Å². The molecule has 0 bridgehead atoms. The highest BCUT2D eigenvalue weighted by molar-refractivity contribution is 5.44. The number of halogens is 1. The standard InChI is InChI=1S/C13H20FN3/c1-16(2)13(6-4-7-13)10-17(3)11-5-8-15-12(14)9-11/h5,8-9H,4,6-7,10H2,1-3H3. The van der Waals surface area contributed by atoms with Crippen molar-refractivity contribution >= 4 is 5.69 Å². The summed E-state index contributed by atoms with van der Waals surface area (Å²) in [6.45, 7) is 0.934. The molecule has 0 unspecified atom stereocenters. The summed E-state index contributed by atoms with van der Waals surface area (Å²) in [6, 6.07) is 3.34. The fourth-order valence-electron chi connectivity index (χ4n) is 2.49. The molecular formula is C13H20FN3. The topological polar surface area (TPSA) is 19.4 Å². The third kappa shape index (κ3) is 2.41. The van der Waals surface area contributed by atoms with E-state index in [0.29, 0.717) is 0 Å². The molecule has 0 atom stereocenters. The lowest BCUT2D eigenvalue weighted by Crippen LogP contribution is -2.56. The number of anilines is 1. The van der Waals surface area contributed by atoms with E-state index in [2.05, 4.69) is 28.9 Å². The zero-order chi connectivity index (χ0) is 12.5. The van der Waals surface area contributed by atoms with E-state index in [4.69, 9.17) is 0 Å². The molecule has 17 heavy (non-hydrogen) atoms. The highest BCUT2D eigenvalue weighted by Gasteiger charge is 2.39. The number of nitrogens with zero attached hydrogens (tertiary/aromatic N) is 3. The predicted molar refractivity (Wildman–Crippen MR) is 67.7 cm³/mol. The zero-order valence-electron chi connectivity index (χ0n) is 10.8. The van der Waals surface area contributed by atoms with Crippen LogP contribution in [0.2, 0.25) is 0 Å². The van der Waals surface area contributed by atoms with Gasteiger partial charge in [-0.15, -0.1) is 0 Å². The molecule has 1 aliphatic rings. The fraction of sp³-hybridized carbons (Fsp3) is 0.615. The fourth-order valence-corrected chi connectivity index (χ4v) is 2.49. The van der Waals surface area contributed by atoms with Crippen molar-refractivity contribution in [1.82, 2.24) is 9.88 Å². The number of rotatable bonds is 4. The first-order valence-electron chi connectivity index (χ1n) is 6.04. The van der Waals surface area contributed by atoms with E-state index >= 15 is 0 Å². The first-order valence-corrected chi connectivity index (χ1v) is 6.04. The van der Waals surface area contributed by atoms with E-state index in [1.165, 1.54) is 31.5 Å². The van der Waals surface area contributed by atoms with Crippen molar-refractivity contribution in [3.05, 3.63) is 24.3 Å². The summed E-state index contributed by atoms with van der Waals surface area (Å²) in [4.78, 5) is 8.00. The molecule has 1 heterocycles. The molecule has 1 fully saturated rings. The van der Waals surface area contributed by atoms with E-state index in [9.17, 15) is 4.39 Å². The Hall–Kier alpha value is -1.16. The van der Waals surface area contributed by atoms with Gasteiger partial charge in [-0.05, 0) is 39.4 Å². The summed E-state index contributed by atoms with van der Waals surface area (Å²) in [7, 11) is 6.26. The quantitative estimate of drug-likeness (QED) is 0.748. The minimum atomic E-state index is -0.415. The molecule has 1 aromatic heterocycles. The van der Waals surface area contributed by atoms with Crippen LogP contribution in [-0.4, -0.2) is 43.1 Å². The van der Waals surface area contributed by atoms with Crippen LogP contribution in [0, 0.1) is 5.95 Å². The molecule has 1 aliphatic carbocycles.